The molecular formula is C18H24N4O2. The second-order valence-corrected chi connectivity index (χ2v) is 6.55. The van der Waals surface area contributed by atoms with Gasteiger partial charge in [-0.2, -0.15) is 5.10 Å². The molecule has 128 valence electrons. The highest BCUT2D eigenvalue weighted by atomic mass is 16.3. The van der Waals surface area contributed by atoms with Crippen LogP contribution >= 0.6 is 0 Å². The number of hydrogen-bond donors (Lipinski definition) is 4. The third-order valence-electron chi connectivity index (χ3n) is 4.88. The number of nitrogens with one attached hydrogen (secondary N) is 3. The third kappa shape index (κ3) is 3.59. The van der Waals surface area contributed by atoms with Crippen LogP contribution in [0.15, 0.2) is 24.5 Å². The van der Waals surface area contributed by atoms with E-state index in [4.69, 9.17) is 0 Å². The molecule has 1 saturated heterocycles. The fourth-order valence-electron chi connectivity index (χ4n) is 3.52. The number of aryl methyl sites for hydroxylation is 1. The van der Waals surface area contributed by atoms with Crippen molar-refractivity contribution in [2.75, 3.05) is 11.9 Å². The van der Waals surface area contributed by atoms with Crippen LogP contribution in [-0.2, 0) is 4.79 Å². The van der Waals surface area contributed by atoms with E-state index >= 15 is 0 Å². The lowest BCUT2D eigenvalue weighted by molar-refractivity contribution is -0.116. The van der Waals surface area contributed by atoms with Gasteiger partial charge in [-0.3, -0.25) is 9.89 Å². The van der Waals surface area contributed by atoms with E-state index in [1.165, 1.54) is 5.56 Å². The first-order valence-electron chi connectivity index (χ1n) is 8.35. The molecule has 4 N–H and O–H groups in total. The minimum Gasteiger partial charge on any atom is -0.508 e. The van der Waals surface area contributed by atoms with Gasteiger partial charge in [0, 0.05) is 24.2 Å². The number of nitrogens with zero attached hydrogens (tertiary/aromatic N) is 1. The number of carbonyl (C=O) groups is 1. The molecule has 0 radical (unpaired) electrons. The van der Waals surface area contributed by atoms with E-state index in [0.29, 0.717) is 17.9 Å². The molecule has 1 fully saturated rings. The predicted octanol–water partition coefficient (Wildman–Crippen LogP) is 2.60. The number of hydrogen-bond acceptors (Lipinski definition) is 4. The van der Waals surface area contributed by atoms with Gasteiger partial charge in [0.25, 0.3) is 0 Å². The minimum atomic E-state index is -0.0280. The first-order chi connectivity index (χ1) is 11.5. The molecule has 2 atom stereocenters. The van der Waals surface area contributed by atoms with Gasteiger partial charge in [0.15, 0.2) is 0 Å². The van der Waals surface area contributed by atoms with Crippen LogP contribution < -0.4 is 10.6 Å². The zero-order chi connectivity index (χ0) is 17.1. The van der Waals surface area contributed by atoms with Crippen LogP contribution in [0, 0.1) is 13.8 Å². The molecule has 2 unspecified atom stereocenters. The number of benzene rings is 1. The number of rotatable bonds is 4. The number of phenolic OH excluding ortho intramolecular Hbond substituents is 1. The molecule has 24 heavy (non-hydrogen) atoms. The standard InChI is InChI=1S/C18H24N4O2/c1-11-3-4-16(23)18(12(11)2)13-5-6-19-14(7-13)8-17(24)22-15-9-20-21-10-15/h3-4,9-10,13-14,19,23H,5-8H2,1-2H3,(H,20,21)(H,22,24). The van der Waals surface area contributed by atoms with E-state index in [2.05, 4.69) is 34.7 Å². The van der Waals surface area contributed by atoms with Crippen LogP contribution in [0.5, 0.6) is 5.75 Å². The van der Waals surface area contributed by atoms with Crippen LogP contribution in [0.25, 0.3) is 0 Å². The van der Waals surface area contributed by atoms with Gasteiger partial charge in [-0.15, -0.1) is 0 Å². The lowest BCUT2D eigenvalue weighted by atomic mass is 9.82. The van der Waals surface area contributed by atoms with Gasteiger partial charge < -0.3 is 15.7 Å². The highest BCUT2D eigenvalue weighted by molar-refractivity contribution is 5.90. The second-order valence-electron chi connectivity index (χ2n) is 6.55. The Morgan fingerprint density at radius 1 is 1.42 bits per heavy atom. The van der Waals surface area contributed by atoms with E-state index < -0.39 is 0 Å². The van der Waals surface area contributed by atoms with Gasteiger partial charge in [0.1, 0.15) is 5.75 Å². The van der Waals surface area contributed by atoms with Gasteiger partial charge >= 0.3 is 0 Å². The van der Waals surface area contributed by atoms with Crippen molar-refractivity contribution < 1.29 is 9.90 Å². The molecule has 2 aromatic rings. The fourth-order valence-corrected chi connectivity index (χ4v) is 3.52. The zero-order valence-electron chi connectivity index (χ0n) is 14.1. The van der Waals surface area contributed by atoms with Crippen molar-refractivity contribution in [3.05, 3.63) is 41.2 Å². The van der Waals surface area contributed by atoms with E-state index in [9.17, 15) is 9.90 Å². The third-order valence-corrected chi connectivity index (χ3v) is 4.88. The van der Waals surface area contributed by atoms with Crippen molar-refractivity contribution in [3.63, 3.8) is 0 Å². The van der Waals surface area contributed by atoms with Crippen molar-refractivity contribution in [3.8, 4) is 5.75 Å². The Balaban J connectivity index is 1.66. The van der Waals surface area contributed by atoms with E-state index in [-0.39, 0.29) is 17.9 Å². The van der Waals surface area contributed by atoms with Crippen LogP contribution in [0.4, 0.5) is 5.69 Å². The van der Waals surface area contributed by atoms with Gasteiger partial charge in [-0.25, -0.2) is 0 Å². The van der Waals surface area contributed by atoms with Crippen LogP contribution in [0.1, 0.15) is 41.9 Å². The Morgan fingerprint density at radius 2 is 2.25 bits per heavy atom. The number of aromatic amines is 1. The molecule has 3 rings (SSSR count). The van der Waals surface area contributed by atoms with Crippen molar-refractivity contribution in [2.45, 2.75) is 45.1 Å². The van der Waals surface area contributed by atoms with Gasteiger partial charge in [0.05, 0.1) is 11.9 Å². The number of aromatic hydroxyl groups is 1. The molecular weight excluding hydrogens is 304 g/mol. The fraction of sp³-hybridized carbons (Fsp3) is 0.444. The van der Waals surface area contributed by atoms with Crippen LogP contribution in [-0.4, -0.2) is 33.8 Å². The number of piperidine rings is 1. The first kappa shape index (κ1) is 16.5. The van der Waals surface area contributed by atoms with Crippen molar-refractivity contribution in [1.82, 2.24) is 15.5 Å². The quantitative estimate of drug-likeness (QED) is 0.694. The van der Waals surface area contributed by atoms with Crippen molar-refractivity contribution in [1.29, 1.82) is 0 Å². The van der Waals surface area contributed by atoms with Gasteiger partial charge in [0.2, 0.25) is 5.91 Å². The lowest BCUT2D eigenvalue weighted by Crippen LogP contribution is -2.39. The van der Waals surface area contributed by atoms with Gasteiger partial charge in [-0.05, 0) is 56.3 Å². The first-order valence-corrected chi connectivity index (χ1v) is 8.35. The topological polar surface area (TPSA) is 90.0 Å². The molecule has 0 saturated carbocycles. The zero-order valence-corrected chi connectivity index (χ0v) is 14.1. The van der Waals surface area contributed by atoms with Crippen molar-refractivity contribution >= 4 is 11.6 Å². The van der Waals surface area contributed by atoms with Gasteiger partial charge in [-0.1, -0.05) is 6.07 Å². The number of H-pyrrole nitrogens is 1. The summed E-state index contributed by atoms with van der Waals surface area (Å²) in [7, 11) is 0. The molecule has 1 aromatic heterocycles. The van der Waals surface area contributed by atoms with Crippen LogP contribution in [0.3, 0.4) is 0 Å². The average molecular weight is 328 g/mol. The highest BCUT2D eigenvalue weighted by Gasteiger charge is 2.27. The number of phenols is 1. The molecule has 1 aromatic carbocycles. The van der Waals surface area contributed by atoms with E-state index in [1.54, 1.807) is 18.5 Å². The summed E-state index contributed by atoms with van der Waals surface area (Å²) in [6.07, 6.45) is 5.47. The number of aromatic nitrogens is 2. The smallest absolute Gasteiger partial charge is 0.226 e. The Kier molecular flexibility index (Phi) is 4.85. The summed E-state index contributed by atoms with van der Waals surface area (Å²) in [5, 5.41) is 23.0. The molecule has 1 aliphatic rings. The Morgan fingerprint density at radius 3 is 3.00 bits per heavy atom. The highest BCUT2D eigenvalue weighted by Crippen LogP contribution is 2.37. The summed E-state index contributed by atoms with van der Waals surface area (Å²) < 4.78 is 0. The van der Waals surface area contributed by atoms with Crippen LogP contribution in [0.2, 0.25) is 0 Å². The summed E-state index contributed by atoms with van der Waals surface area (Å²) in [4.78, 5) is 12.2. The number of carbonyl (C=O) groups excluding carboxylic acids is 1. The largest absolute Gasteiger partial charge is 0.508 e. The maximum absolute atomic E-state index is 12.2. The van der Waals surface area contributed by atoms with Crippen molar-refractivity contribution in [2.24, 2.45) is 0 Å². The Bertz CT molecular complexity index is 712. The minimum absolute atomic E-state index is 0.0280. The summed E-state index contributed by atoms with van der Waals surface area (Å²) in [5.41, 5.74) is 4.07. The summed E-state index contributed by atoms with van der Waals surface area (Å²) in [6, 6.07) is 3.83. The molecule has 6 nitrogen and oxygen atoms in total. The summed E-state index contributed by atoms with van der Waals surface area (Å²) in [5.74, 6) is 0.615. The molecule has 0 spiro atoms. The van der Waals surface area contributed by atoms with E-state index in [0.717, 1.165) is 30.5 Å². The molecule has 6 heteroatoms. The molecule has 0 bridgehead atoms. The summed E-state index contributed by atoms with van der Waals surface area (Å²) >= 11 is 0. The number of amides is 1. The molecule has 1 amide bonds. The average Bonchev–Trinajstić information content (AvgIpc) is 3.04. The summed E-state index contributed by atoms with van der Waals surface area (Å²) in [6.45, 7) is 4.98. The molecule has 1 aliphatic heterocycles. The number of anilines is 1. The molecule has 2 heterocycles. The predicted molar refractivity (Wildman–Crippen MR) is 93.2 cm³/mol. The second kappa shape index (κ2) is 7.05. The Labute approximate surface area is 141 Å². The SMILES string of the molecule is Cc1ccc(O)c(C2CCNC(CC(=O)Nc3cn[nH]c3)C2)c1C. The maximum Gasteiger partial charge on any atom is 0.226 e. The molecule has 0 aliphatic carbocycles. The monoisotopic (exact) mass is 328 g/mol. The Hall–Kier alpha value is -2.34. The lowest BCUT2D eigenvalue weighted by Gasteiger charge is -2.32. The normalized spacial score (nSPS) is 20.8. The van der Waals surface area contributed by atoms with E-state index in [1.807, 2.05) is 6.07 Å². The maximum atomic E-state index is 12.2.